The predicted molar refractivity (Wildman–Crippen MR) is 125 cm³/mol. The second kappa shape index (κ2) is 12.8. The number of rotatable bonds is 8. The molecule has 1 heterocycles. The monoisotopic (exact) mass is 503 g/mol. The van der Waals surface area contributed by atoms with Crippen LogP contribution in [0.1, 0.15) is 31.4 Å². The van der Waals surface area contributed by atoms with Crippen molar-refractivity contribution in [2.45, 2.75) is 25.8 Å². The number of carbonyl (C=O) groups excluding carboxylic acids is 1. The van der Waals surface area contributed by atoms with Gasteiger partial charge in [0.2, 0.25) is 5.91 Å². The lowest BCUT2D eigenvalue weighted by molar-refractivity contribution is -0.128. The maximum Gasteiger partial charge on any atom is 0.244 e. The molecule has 1 atom stereocenters. The lowest BCUT2D eigenvalue weighted by atomic mass is 10.1. The molecule has 2 N–H and O–H groups in total. The van der Waals surface area contributed by atoms with Gasteiger partial charge in [0.1, 0.15) is 12.3 Å². The number of likely N-dealkylation sites (tertiary alicyclic amines) is 1. The molecule has 158 valence electrons. The van der Waals surface area contributed by atoms with Crippen LogP contribution < -0.4 is 15.4 Å². The zero-order chi connectivity index (χ0) is 19.6. The second-order valence-electron chi connectivity index (χ2n) is 6.92. The van der Waals surface area contributed by atoms with Gasteiger partial charge in [-0.15, -0.1) is 24.0 Å². The van der Waals surface area contributed by atoms with Crippen LogP contribution in [0.25, 0.3) is 0 Å². The first kappa shape index (κ1) is 24.5. The van der Waals surface area contributed by atoms with E-state index in [2.05, 4.69) is 46.8 Å². The number of nitrogens with zero attached hydrogens (tertiary/aromatic N) is 3. The Morgan fingerprint density at radius 2 is 1.86 bits per heavy atom. The fraction of sp³-hybridized carbons (Fsp3) is 0.600. The number of hydrogen-bond donors (Lipinski definition) is 2. The number of hydrogen-bond acceptors (Lipinski definition) is 4. The van der Waals surface area contributed by atoms with Crippen molar-refractivity contribution >= 4 is 35.8 Å². The van der Waals surface area contributed by atoms with Gasteiger partial charge < -0.3 is 25.2 Å². The van der Waals surface area contributed by atoms with Crippen molar-refractivity contribution in [3.8, 4) is 5.75 Å². The van der Waals surface area contributed by atoms with E-state index in [9.17, 15) is 4.79 Å². The third kappa shape index (κ3) is 7.46. The van der Waals surface area contributed by atoms with E-state index < -0.39 is 0 Å². The Morgan fingerprint density at radius 1 is 1.21 bits per heavy atom. The van der Waals surface area contributed by atoms with Crippen LogP contribution in [0, 0.1) is 0 Å². The summed E-state index contributed by atoms with van der Waals surface area (Å²) in [5.74, 6) is 1.62. The largest absolute Gasteiger partial charge is 0.497 e. The molecule has 1 fully saturated rings. The molecular weight excluding hydrogens is 469 g/mol. The Balaban J connectivity index is 0.00000392. The van der Waals surface area contributed by atoms with Crippen LogP contribution in [0.5, 0.6) is 5.75 Å². The number of amides is 1. The first-order valence-corrected chi connectivity index (χ1v) is 9.65. The average molecular weight is 503 g/mol. The number of benzene rings is 1. The van der Waals surface area contributed by atoms with E-state index in [1.165, 1.54) is 5.56 Å². The van der Waals surface area contributed by atoms with Crippen molar-refractivity contribution in [2.24, 2.45) is 4.99 Å². The minimum absolute atomic E-state index is 0. The summed E-state index contributed by atoms with van der Waals surface area (Å²) >= 11 is 0. The summed E-state index contributed by atoms with van der Waals surface area (Å²) in [6, 6.07) is 8.27. The first-order valence-electron chi connectivity index (χ1n) is 9.65. The molecule has 1 aromatic carbocycles. The highest BCUT2D eigenvalue weighted by molar-refractivity contribution is 14.0. The highest BCUT2D eigenvalue weighted by atomic mass is 127. The van der Waals surface area contributed by atoms with Crippen molar-refractivity contribution in [2.75, 3.05) is 53.9 Å². The van der Waals surface area contributed by atoms with Crippen LogP contribution >= 0.6 is 24.0 Å². The van der Waals surface area contributed by atoms with Crippen molar-refractivity contribution in [1.29, 1.82) is 0 Å². The van der Waals surface area contributed by atoms with Crippen molar-refractivity contribution in [3.05, 3.63) is 29.8 Å². The van der Waals surface area contributed by atoms with Gasteiger partial charge in [0.25, 0.3) is 0 Å². The minimum atomic E-state index is 0. The molecule has 8 heteroatoms. The standard InChI is InChI=1S/C20H33N5O2.HI/c1-5-21-20(23-15-19(26)25-12-6-7-13-25)22-14-18(24(2)3)16-8-10-17(27-4)11-9-16;/h8-11,18H,5-7,12-15H2,1-4H3,(H2,21,22,23);1H. The molecule has 0 aliphatic carbocycles. The van der Waals surface area contributed by atoms with Gasteiger partial charge in [0.15, 0.2) is 5.96 Å². The molecule has 1 amide bonds. The summed E-state index contributed by atoms with van der Waals surface area (Å²) < 4.78 is 5.24. The van der Waals surface area contributed by atoms with E-state index in [0.29, 0.717) is 12.5 Å². The maximum absolute atomic E-state index is 12.2. The number of carbonyl (C=O) groups is 1. The van der Waals surface area contributed by atoms with Gasteiger partial charge in [0.05, 0.1) is 13.2 Å². The number of guanidine groups is 1. The Morgan fingerprint density at radius 3 is 2.39 bits per heavy atom. The number of ether oxygens (including phenoxy) is 1. The fourth-order valence-corrected chi connectivity index (χ4v) is 3.17. The molecule has 0 spiro atoms. The zero-order valence-corrected chi connectivity index (χ0v) is 19.7. The lowest BCUT2D eigenvalue weighted by Gasteiger charge is -2.26. The summed E-state index contributed by atoms with van der Waals surface area (Å²) in [4.78, 5) is 20.8. The van der Waals surface area contributed by atoms with Crippen LogP contribution in [-0.4, -0.2) is 75.6 Å². The van der Waals surface area contributed by atoms with Gasteiger partial charge in [-0.3, -0.25) is 4.79 Å². The van der Waals surface area contributed by atoms with Crippen LogP contribution in [0.3, 0.4) is 0 Å². The van der Waals surface area contributed by atoms with Gasteiger partial charge in [-0.25, -0.2) is 4.99 Å². The minimum Gasteiger partial charge on any atom is -0.497 e. The van der Waals surface area contributed by atoms with Crippen LogP contribution in [-0.2, 0) is 4.79 Å². The Hall–Kier alpha value is -1.55. The molecule has 1 unspecified atom stereocenters. The molecule has 1 aromatic rings. The van der Waals surface area contributed by atoms with Crippen LogP contribution in [0.4, 0.5) is 0 Å². The van der Waals surface area contributed by atoms with Gasteiger partial charge >= 0.3 is 0 Å². The van der Waals surface area contributed by atoms with E-state index in [0.717, 1.165) is 38.2 Å². The van der Waals surface area contributed by atoms with Gasteiger partial charge in [-0.05, 0) is 51.6 Å². The first-order chi connectivity index (χ1) is 13.0. The number of halogens is 1. The molecular formula is C20H34IN5O2. The smallest absolute Gasteiger partial charge is 0.244 e. The SMILES string of the molecule is CCNC(=NCC(=O)N1CCCC1)NCC(c1ccc(OC)cc1)N(C)C.I. The zero-order valence-electron chi connectivity index (χ0n) is 17.4. The predicted octanol–water partition coefficient (Wildman–Crippen LogP) is 2.09. The molecule has 1 aliphatic rings. The number of nitrogens with one attached hydrogen (secondary N) is 2. The normalized spacial score (nSPS) is 15.2. The Kier molecular flexibility index (Phi) is 11.2. The quantitative estimate of drug-likeness (QED) is 0.323. The highest BCUT2D eigenvalue weighted by Crippen LogP contribution is 2.20. The molecule has 28 heavy (non-hydrogen) atoms. The molecule has 1 aliphatic heterocycles. The lowest BCUT2D eigenvalue weighted by Crippen LogP contribution is -2.42. The number of aliphatic imine (C=N–C) groups is 1. The summed E-state index contributed by atoms with van der Waals surface area (Å²) in [6.07, 6.45) is 2.19. The van der Waals surface area contributed by atoms with Gasteiger partial charge in [-0.2, -0.15) is 0 Å². The van der Waals surface area contributed by atoms with E-state index in [4.69, 9.17) is 4.74 Å². The molecule has 2 rings (SSSR count). The van der Waals surface area contributed by atoms with Gasteiger partial charge in [0, 0.05) is 26.2 Å². The average Bonchev–Trinajstić information content (AvgIpc) is 3.21. The Labute approximate surface area is 185 Å². The molecule has 0 bridgehead atoms. The third-order valence-electron chi connectivity index (χ3n) is 4.76. The van der Waals surface area contributed by atoms with Gasteiger partial charge in [-0.1, -0.05) is 12.1 Å². The topological polar surface area (TPSA) is 69.2 Å². The molecule has 0 aromatic heterocycles. The highest BCUT2D eigenvalue weighted by Gasteiger charge is 2.18. The van der Waals surface area contributed by atoms with Crippen LogP contribution in [0.15, 0.2) is 29.3 Å². The van der Waals surface area contributed by atoms with E-state index >= 15 is 0 Å². The second-order valence-corrected chi connectivity index (χ2v) is 6.92. The summed E-state index contributed by atoms with van der Waals surface area (Å²) in [6.45, 7) is 5.36. The number of methoxy groups -OCH3 is 1. The van der Waals surface area contributed by atoms with Crippen molar-refractivity contribution < 1.29 is 9.53 Å². The van der Waals surface area contributed by atoms with E-state index in [-0.39, 0.29) is 42.5 Å². The summed E-state index contributed by atoms with van der Waals surface area (Å²) in [5, 5.41) is 6.59. The van der Waals surface area contributed by atoms with Crippen molar-refractivity contribution in [3.63, 3.8) is 0 Å². The molecule has 0 saturated carbocycles. The van der Waals surface area contributed by atoms with Crippen molar-refractivity contribution in [1.82, 2.24) is 20.4 Å². The summed E-state index contributed by atoms with van der Waals surface area (Å²) in [7, 11) is 5.78. The number of likely N-dealkylation sites (N-methyl/N-ethyl adjacent to an activating group) is 1. The molecule has 7 nitrogen and oxygen atoms in total. The maximum atomic E-state index is 12.2. The Bertz CT molecular complexity index is 616. The van der Waals surface area contributed by atoms with E-state index in [1.807, 2.05) is 24.0 Å². The third-order valence-corrected chi connectivity index (χ3v) is 4.76. The fourth-order valence-electron chi connectivity index (χ4n) is 3.17. The van der Waals surface area contributed by atoms with E-state index in [1.54, 1.807) is 7.11 Å². The summed E-state index contributed by atoms with van der Waals surface area (Å²) in [5.41, 5.74) is 1.19. The van der Waals surface area contributed by atoms with Crippen LogP contribution in [0.2, 0.25) is 0 Å². The molecule has 1 saturated heterocycles. The molecule has 0 radical (unpaired) electrons.